The zero-order valence-electron chi connectivity index (χ0n) is 10.9. The summed E-state index contributed by atoms with van der Waals surface area (Å²) >= 11 is 12.1. The molecule has 0 radical (unpaired) electrons. The number of hydrogen-bond donors (Lipinski definition) is 1. The number of nitrogens with one attached hydrogen (secondary N) is 1. The molecule has 106 valence electrons. The minimum absolute atomic E-state index is 0.0284. The van der Waals surface area contributed by atoms with Crippen LogP contribution in [0.2, 0.25) is 10.0 Å². The standard InChI is InChI=1S/C14H9Cl2N3O2/c1-8-4-12(16)13(6-11(8)15)18-10-2-3-14(19(20)21)9(5-10)7-17/h2-6,18H,1H3. The largest absolute Gasteiger partial charge is 0.354 e. The molecule has 2 aromatic carbocycles. The molecule has 0 unspecified atom stereocenters. The van der Waals surface area contributed by atoms with Gasteiger partial charge in [-0.15, -0.1) is 0 Å². The third kappa shape index (κ3) is 3.24. The molecule has 21 heavy (non-hydrogen) atoms. The fourth-order valence-electron chi connectivity index (χ4n) is 1.76. The monoisotopic (exact) mass is 321 g/mol. The van der Waals surface area contributed by atoms with E-state index in [0.717, 1.165) is 5.56 Å². The van der Waals surface area contributed by atoms with Gasteiger partial charge in [0.2, 0.25) is 0 Å². The summed E-state index contributed by atoms with van der Waals surface area (Å²) in [6.45, 7) is 1.83. The summed E-state index contributed by atoms with van der Waals surface area (Å²) in [4.78, 5) is 10.2. The van der Waals surface area contributed by atoms with E-state index in [4.69, 9.17) is 28.5 Å². The van der Waals surface area contributed by atoms with Crippen molar-refractivity contribution in [2.75, 3.05) is 5.32 Å². The molecule has 0 aliphatic rings. The second-order valence-electron chi connectivity index (χ2n) is 4.31. The zero-order valence-corrected chi connectivity index (χ0v) is 12.4. The number of anilines is 2. The normalized spacial score (nSPS) is 10.0. The van der Waals surface area contributed by atoms with Gasteiger partial charge in [-0.2, -0.15) is 5.26 Å². The van der Waals surface area contributed by atoms with Gasteiger partial charge in [0.15, 0.2) is 0 Å². The number of nitro benzene ring substituents is 1. The predicted octanol–water partition coefficient (Wildman–Crippen LogP) is 4.83. The van der Waals surface area contributed by atoms with E-state index in [1.807, 2.05) is 6.92 Å². The van der Waals surface area contributed by atoms with Crippen molar-refractivity contribution in [3.63, 3.8) is 0 Å². The topological polar surface area (TPSA) is 79.0 Å². The summed E-state index contributed by atoms with van der Waals surface area (Å²) in [6, 6.07) is 9.33. The average Bonchev–Trinajstić information content (AvgIpc) is 2.44. The van der Waals surface area contributed by atoms with Gasteiger partial charge in [0.25, 0.3) is 5.69 Å². The maximum Gasteiger partial charge on any atom is 0.287 e. The first-order chi connectivity index (χ1) is 9.92. The van der Waals surface area contributed by atoms with E-state index in [1.165, 1.54) is 18.2 Å². The molecule has 0 saturated carbocycles. The molecule has 2 aromatic rings. The summed E-state index contributed by atoms with van der Waals surface area (Å²) in [5.74, 6) is 0. The fraction of sp³-hybridized carbons (Fsp3) is 0.0714. The Hall–Kier alpha value is -2.29. The Kier molecular flexibility index (Phi) is 4.32. The fourth-order valence-corrected chi connectivity index (χ4v) is 2.19. The number of rotatable bonds is 3. The Morgan fingerprint density at radius 2 is 1.95 bits per heavy atom. The number of nitro groups is 1. The van der Waals surface area contributed by atoms with Crippen molar-refractivity contribution >= 4 is 40.3 Å². The van der Waals surface area contributed by atoms with Gasteiger partial charge >= 0.3 is 0 Å². The van der Waals surface area contributed by atoms with Crippen LogP contribution >= 0.6 is 23.2 Å². The molecule has 0 aromatic heterocycles. The van der Waals surface area contributed by atoms with Gasteiger partial charge in [-0.3, -0.25) is 10.1 Å². The van der Waals surface area contributed by atoms with Crippen molar-refractivity contribution in [3.05, 3.63) is 61.6 Å². The number of nitrogens with zero attached hydrogens (tertiary/aromatic N) is 2. The van der Waals surface area contributed by atoms with E-state index in [2.05, 4.69) is 5.32 Å². The van der Waals surface area contributed by atoms with Crippen LogP contribution in [0.3, 0.4) is 0 Å². The maximum absolute atomic E-state index is 10.8. The van der Waals surface area contributed by atoms with Crippen molar-refractivity contribution in [1.29, 1.82) is 5.26 Å². The number of halogens is 2. The molecule has 7 heteroatoms. The summed E-state index contributed by atoms with van der Waals surface area (Å²) in [7, 11) is 0. The molecule has 0 bridgehead atoms. The number of benzene rings is 2. The molecular weight excluding hydrogens is 313 g/mol. The summed E-state index contributed by atoms with van der Waals surface area (Å²) < 4.78 is 0. The lowest BCUT2D eigenvalue weighted by Crippen LogP contribution is -1.96. The summed E-state index contributed by atoms with van der Waals surface area (Å²) in [5, 5.41) is 23.7. The predicted molar refractivity (Wildman–Crippen MR) is 82.3 cm³/mol. The van der Waals surface area contributed by atoms with Crippen LogP contribution in [-0.2, 0) is 0 Å². The van der Waals surface area contributed by atoms with Crippen molar-refractivity contribution < 1.29 is 4.92 Å². The van der Waals surface area contributed by atoms with Gasteiger partial charge in [-0.05, 0) is 36.8 Å². The van der Waals surface area contributed by atoms with E-state index < -0.39 is 4.92 Å². The summed E-state index contributed by atoms with van der Waals surface area (Å²) in [5.41, 5.74) is 1.65. The van der Waals surface area contributed by atoms with Crippen molar-refractivity contribution in [3.8, 4) is 6.07 Å². The number of aryl methyl sites for hydroxylation is 1. The van der Waals surface area contributed by atoms with Gasteiger partial charge in [0, 0.05) is 16.8 Å². The molecule has 0 aliphatic carbocycles. The molecule has 0 atom stereocenters. The van der Waals surface area contributed by atoms with Gasteiger partial charge < -0.3 is 5.32 Å². The smallest absolute Gasteiger partial charge is 0.287 e. The van der Waals surface area contributed by atoms with Gasteiger partial charge in [-0.1, -0.05) is 23.2 Å². The molecule has 1 N–H and O–H groups in total. The van der Waals surface area contributed by atoms with Crippen LogP contribution in [0.4, 0.5) is 17.1 Å². The Bertz CT molecular complexity index is 770. The van der Waals surface area contributed by atoms with Crippen LogP contribution in [0, 0.1) is 28.4 Å². The van der Waals surface area contributed by atoms with Gasteiger partial charge in [0.05, 0.1) is 15.6 Å². The van der Waals surface area contributed by atoms with Crippen molar-refractivity contribution in [2.45, 2.75) is 6.92 Å². The second kappa shape index (κ2) is 6.00. The minimum Gasteiger partial charge on any atom is -0.354 e. The molecule has 0 saturated heterocycles. The van der Waals surface area contributed by atoms with Crippen LogP contribution < -0.4 is 5.32 Å². The summed E-state index contributed by atoms with van der Waals surface area (Å²) in [6.07, 6.45) is 0. The molecule has 0 spiro atoms. The molecule has 0 heterocycles. The molecule has 0 fully saturated rings. The van der Waals surface area contributed by atoms with Crippen LogP contribution in [-0.4, -0.2) is 4.92 Å². The number of nitriles is 1. The van der Waals surface area contributed by atoms with E-state index in [1.54, 1.807) is 18.2 Å². The Labute approximate surface area is 130 Å². The second-order valence-corrected chi connectivity index (χ2v) is 5.12. The first-order valence-corrected chi connectivity index (χ1v) is 6.59. The van der Waals surface area contributed by atoms with Crippen LogP contribution in [0.15, 0.2) is 30.3 Å². The third-order valence-corrected chi connectivity index (χ3v) is 3.56. The quantitative estimate of drug-likeness (QED) is 0.648. The lowest BCUT2D eigenvalue weighted by Gasteiger charge is -2.10. The van der Waals surface area contributed by atoms with E-state index >= 15 is 0 Å². The highest BCUT2D eigenvalue weighted by Crippen LogP contribution is 2.32. The van der Waals surface area contributed by atoms with Crippen LogP contribution in [0.5, 0.6) is 0 Å². The van der Waals surface area contributed by atoms with Crippen LogP contribution in [0.1, 0.15) is 11.1 Å². The molecule has 0 amide bonds. The number of hydrogen-bond acceptors (Lipinski definition) is 4. The van der Waals surface area contributed by atoms with E-state index in [9.17, 15) is 10.1 Å². The highest BCUT2D eigenvalue weighted by Gasteiger charge is 2.14. The minimum atomic E-state index is -0.599. The Morgan fingerprint density at radius 3 is 2.57 bits per heavy atom. The zero-order chi connectivity index (χ0) is 15.6. The van der Waals surface area contributed by atoms with Crippen molar-refractivity contribution in [1.82, 2.24) is 0 Å². The lowest BCUT2D eigenvalue weighted by molar-refractivity contribution is -0.385. The van der Waals surface area contributed by atoms with E-state index in [0.29, 0.717) is 21.4 Å². The Morgan fingerprint density at radius 1 is 1.24 bits per heavy atom. The Balaban J connectivity index is 2.39. The van der Waals surface area contributed by atoms with Gasteiger partial charge in [-0.25, -0.2) is 0 Å². The van der Waals surface area contributed by atoms with E-state index in [-0.39, 0.29) is 11.3 Å². The molecule has 2 rings (SSSR count). The first-order valence-electron chi connectivity index (χ1n) is 5.83. The first kappa shape index (κ1) is 15.1. The van der Waals surface area contributed by atoms with Gasteiger partial charge in [0.1, 0.15) is 11.6 Å². The highest BCUT2D eigenvalue weighted by atomic mass is 35.5. The highest BCUT2D eigenvalue weighted by molar-refractivity contribution is 6.35. The molecule has 0 aliphatic heterocycles. The molecular formula is C14H9Cl2N3O2. The average molecular weight is 322 g/mol. The third-order valence-electron chi connectivity index (χ3n) is 2.84. The SMILES string of the molecule is Cc1cc(Cl)c(Nc2ccc([N+](=O)[O-])c(C#N)c2)cc1Cl. The van der Waals surface area contributed by atoms with Crippen LogP contribution in [0.25, 0.3) is 0 Å². The van der Waals surface area contributed by atoms with Crippen molar-refractivity contribution in [2.24, 2.45) is 0 Å². The lowest BCUT2D eigenvalue weighted by atomic mass is 10.1. The maximum atomic E-state index is 10.8. The molecule has 5 nitrogen and oxygen atoms in total.